The van der Waals surface area contributed by atoms with Crippen LogP contribution in [0, 0.1) is 0 Å². The molecule has 1 N–H and O–H groups in total. The number of allylic oxidation sites excluding steroid dienone is 1. The molecule has 0 amide bonds. The van der Waals surface area contributed by atoms with Crippen LogP contribution in [-0.2, 0) is 19.6 Å². The second kappa shape index (κ2) is 11.6. The number of ether oxygens (including phenoxy) is 3. The molecule has 0 saturated heterocycles. The summed E-state index contributed by atoms with van der Waals surface area (Å²) in [6.07, 6.45) is 2.58. The Labute approximate surface area is 201 Å². The quantitative estimate of drug-likeness (QED) is 0.241. The summed E-state index contributed by atoms with van der Waals surface area (Å²) in [7, 11) is 1.67. The summed E-state index contributed by atoms with van der Waals surface area (Å²) < 4.78 is 17.7. The third kappa shape index (κ3) is 6.20. The maximum absolute atomic E-state index is 6.17. The minimum Gasteiger partial charge on any atom is -0.493 e. The largest absolute Gasteiger partial charge is 0.493 e. The fourth-order valence-corrected chi connectivity index (χ4v) is 3.65. The number of hydrogen-bond acceptors (Lipinski definition) is 4. The average molecular weight is 452 g/mol. The van der Waals surface area contributed by atoms with Gasteiger partial charge in [-0.05, 0) is 66.1 Å². The standard InChI is InChI=1S/C30H29NO3/c1-3-10-25-19-24(20-29(32-2)30(25)33-22-23-11-6-4-7-12-23)21-31-26-15-17-28(18-16-26)34-27-13-8-5-9-14-27/h3-9,11-20,31H,1,10,21-22H2,2H3. The molecular weight excluding hydrogens is 422 g/mol. The van der Waals surface area contributed by atoms with Crippen molar-refractivity contribution in [3.05, 3.63) is 126 Å². The van der Waals surface area contributed by atoms with Gasteiger partial charge in [0.25, 0.3) is 0 Å². The van der Waals surface area contributed by atoms with Crippen LogP contribution in [0.2, 0.25) is 0 Å². The van der Waals surface area contributed by atoms with Crippen molar-refractivity contribution in [2.75, 3.05) is 12.4 Å². The summed E-state index contributed by atoms with van der Waals surface area (Å²) in [5.74, 6) is 3.10. The van der Waals surface area contributed by atoms with Crippen LogP contribution >= 0.6 is 0 Å². The number of para-hydroxylation sites is 1. The highest BCUT2D eigenvalue weighted by molar-refractivity contribution is 5.52. The molecule has 0 radical (unpaired) electrons. The zero-order chi connectivity index (χ0) is 23.6. The molecule has 172 valence electrons. The molecule has 0 aromatic heterocycles. The predicted molar refractivity (Wildman–Crippen MR) is 138 cm³/mol. The summed E-state index contributed by atoms with van der Waals surface area (Å²) in [5, 5.41) is 3.47. The van der Waals surface area contributed by atoms with Crippen molar-refractivity contribution in [3.63, 3.8) is 0 Å². The molecule has 0 aliphatic carbocycles. The number of methoxy groups -OCH3 is 1. The van der Waals surface area contributed by atoms with Crippen LogP contribution in [0.4, 0.5) is 5.69 Å². The first-order valence-electron chi connectivity index (χ1n) is 11.3. The SMILES string of the molecule is C=CCc1cc(CNc2ccc(Oc3ccccc3)cc2)cc(OC)c1OCc1ccccc1. The fourth-order valence-electron chi connectivity index (χ4n) is 3.65. The highest BCUT2D eigenvalue weighted by atomic mass is 16.5. The molecule has 0 atom stereocenters. The number of rotatable bonds is 11. The van der Waals surface area contributed by atoms with E-state index in [0.717, 1.165) is 45.4 Å². The first kappa shape index (κ1) is 23.0. The Kier molecular flexibility index (Phi) is 7.86. The van der Waals surface area contributed by atoms with Crippen molar-refractivity contribution in [2.45, 2.75) is 19.6 Å². The van der Waals surface area contributed by atoms with E-state index in [4.69, 9.17) is 14.2 Å². The van der Waals surface area contributed by atoms with Gasteiger partial charge in [-0.1, -0.05) is 54.6 Å². The Morgan fingerprint density at radius 2 is 1.47 bits per heavy atom. The molecule has 0 spiro atoms. The van der Waals surface area contributed by atoms with E-state index in [1.165, 1.54) is 0 Å². The van der Waals surface area contributed by atoms with Gasteiger partial charge >= 0.3 is 0 Å². The van der Waals surface area contributed by atoms with Gasteiger partial charge in [0.2, 0.25) is 0 Å². The zero-order valence-electron chi connectivity index (χ0n) is 19.4. The number of anilines is 1. The Morgan fingerprint density at radius 1 is 0.794 bits per heavy atom. The number of benzene rings is 4. The third-order valence-corrected chi connectivity index (χ3v) is 5.33. The minimum atomic E-state index is 0.482. The van der Waals surface area contributed by atoms with Gasteiger partial charge in [-0.25, -0.2) is 0 Å². The van der Waals surface area contributed by atoms with Crippen LogP contribution in [-0.4, -0.2) is 7.11 Å². The van der Waals surface area contributed by atoms with Crippen molar-refractivity contribution in [2.24, 2.45) is 0 Å². The van der Waals surface area contributed by atoms with Crippen molar-refractivity contribution < 1.29 is 14.2 Å². The minimum absolute atomic E-state index is 0.482. The van der Waals surface area contributed by atoms with Gasteiger partial charge in [-0.15, -0.1) is 6.58 Å². The van der Waals surface area contributed by atoms with Gasteiger partial charge in [0.05, 0.1) is 7.11 Å². The predicted octanol–water partition coefficient (Wildman–Crippen LogP) is 7.41. The van der Waals surface area contributed by atoms with Gasteiger partial charge in [-0.2, -0.15) is 0 Å². The van der Waals surface area contributed by atoms with E-state index >= 15 is 0 Å². The normalized spacial score (nSPS) is 10.4. The molecule has 4 nitrogen and oxygen atoms in total. The van der Waals surface area contributed by atoms with Gasteiger partial charge in [0.1, 0.15) is 18.1 Å². The maximum Gasteiger partial charge on any atom is 0.165 e. The van der Waals surface area contributed by atoms with Gasteiger partial charge in [0, 0.05) is 17.8 Å². The highest BCUT2D eigenvalue weighted by Gasteiger charge is 2.13. The molecule has 0 bridgehead atoms. The lowest BCUT2D eigenvalue weighted by atomic mass is 10.1. The molecule has 4 rings (SSSR count). The van der Waals surface area contributed by atoms with Crippen LogP contribution < -0.4 is 19.5 Å². The molecule has 34 heavy (non-hydrogen) atoms. The Balaban J connectivity index is 1.44. The molecule has 4 aromatic rings. The van der Waals surface area contributed by atoms with E-state index in [0.29, 0.717) is 19.6 Å². The average Bonchev–Trinajstić information content (AvgIpc) is 2.89. The molecule has 0 aliphatic rings. The van der Waals surface area contributed by atoms with E-state index in [1.54, 1.807) is 7.11 Å². The van der Waals surface area contributed by atoms with Crippen LogP contribution in [0.3, 0.4) is 0 Å². The lowest BCUT2D eigenvalue weighted by molar-refractivity contribution is 0.281. The number of hydrogen-bond donors (Lipinski definition) is 1. The molecule has 0 aliphatic heterocycles. The van der Waals surface area contributed by atoms with E-state index in [1.807, 2.05) is 97.1 Å². The van der Waals surface area contributed by atoms with Crippen molar-refractivity contribution >= 4 is 5.69 Å². The Hall–Kier alpha value is -4.18. The molecular formula is C30H29NO3. The molecule has 0 saturated carbocycles. The summed E-state index contributed by atoms with van der Waals surface area (Å²) in [6, 6.07) is 32.0. The molecule has 0 unspecified atom stereocenters. The lowest BCUT2D eigenvalue weighted by Crippen LogP contribution is -2.05. The second-order valence-electron chi connectivity index (χ2n) is 7.85. The molecule has 4 heteroatoms. The van der Waals surface area contributed by atoms with E-state index < -0.39 is 0 Å². The topological polar surface area (TPSA) is 39.7 Å². The molecule has 4 aromatic carbocycles. The summed E-state index contributed by atoms with van der Waals surface area (Å²) in [4.78, 5) is 0. The molecule has 0 fully saturated rings. The Morgan fingerprint density at radius 3 is 2.15 bits per heavy atom. The van der Waals surface area contributed by atoms with Gasteiger partial charge in [0.15, 0.2) is 11.5 Å². The van der Waals surface area contributed by atoms with Crippen molar-refractivity contribution in [1.29, 1.82) is 0 Å². The van der Waals surface area contributed by atoms with Crippen LogP contribution in [0.1, 0.15) is 16.7 Å². The van der Waals surface area contributed by atoms with Crippen molar-refractivity contribution in [1.82, 2.24) is 0 Å². The van der Waals surface area contributed by atoms with E-state index in [9.17, 15) is 0 Å². The van der Waals surface area contributed by atoms with Gasteiger partial charge < -0.3 is 19.5 Å². The highest BCUT2D eigenvalue weighted by Crippen LogP contribution is 2.34. The monoisotopic (exact) mass is 451 g/mol. The first-order valence-corrected chi connectivity index (χ1v) is 11.3. The fraction of sp³-hybridized carbons (Fsp3) is 0.133. The third-order valence-electron chi connectivity index (χ3n) is 5.33. The van der Waals surface area contributed by atoms with Crippen LogP contribution in [0.5, 0.6) is 23.0 Å². The van der Waals surface area contributed by atoms with Gasteiger partial charge in [-0.3, -0.25) is 0 Å². The van der Waals surface area contributed by atoms with Crippen LogP contribution in [0.25, 0.3) is 0 Å². The lowest BCUT2D eigenvalue weighted by Gasteiger charge is -2.17. The summed E-state index contributed by atoms with van der Waals surface area (Å²) >= 11 is 0. The second-order valence-corrected chi connectivity index (χ2v) is 7.85. The van der Waals surface area contributed by atoms with Crippen LogP contribution in [0.15, 0.2) is 110 Å². The van der Waals surface area contributed by atoms with E-state index in [-0.39, 0.29) is 0 Å². The van der Waals surface area contributed by atoms with Crippen molar-refractivity contribution in [3.8, 4) is 23.0 Å². The Bertz CT molecular complexity index is 1190. The summed E-state index contributed by atoms with van der Waals surface area (Å²) in [5.41, 5.74) is 4.27. The molecule has 0 heterocycles. The summed E-state index contributed by atoms with van der Waals surface area (Å²) in [6.45, 7) is 5.04. The van der Waals surface area contributed by atoms with E-state index in [2.05, 4.69) is 18.0 Å². The number of nitrogens with one attached hydrogen (secondary N) is 1. The smallest absolute Gasteiger partial charge is 0.165 e. The first-order chi connectivity index (χ1) is 16.7. The maximum atomic E-state index is 6.17. The zero-order valence-corrected chi connectivity index (χ0v) is 19.4.